The van der Waals surface area contributed by atoms with Gasteiger partial charge in [-0.15, -0.1) is 0 Å². The van der Waals surface area contributed by atoms with E-state index >= 15 is 0 Å². The Morgan fingerprint density at radius 3 is 2.49 bits per heavy atom. The zero-order valence-corrected chi connectivity index (χ0v) is 20.8. The van der Waals surface area contributed by atoms with Gasteiger partial charge in [0.1, 0.15) is 5.75 Å². The summed E-state index contributed by atoms with van der Waals surface area (Å²) in [6, 6.07) is 24.3. The van der Waals surface area contributed by atoms with Crippen molar-refractivity contribution in [1.29, 1.82) is 0 Å². The number of nitrogens with one attached hydrogen (secondary N) is 2. The van der Waals surface area contributed by atoms with Gasteiger partial charge in [-0.1, -0.05) is 42.5 Å². The lowest BCUT2D eigenvalue weighted by Gasteiger charge is -2.10. The number of carbonyl (C=O) groups is 1. The summed E-state index contributed by atoms with van der Waals surface area (Å²) in [7, 11) is -3.44. The van der Waals surface area contributed by atoms with Crippen LogP contribution in [0.15, 0.2) is 91.3 Å². The van der Waals surface area contributed by atoms with E-state index in [1.165, 1.54) is 18.0 Å². The Hall–Kier alpha value is -4.24. The standard InChI is InChI=1S/C28H26N4O4S/c33-28(30-23-9-11-24(12-10-23)36-16-15-20-5-2-1-3-6-20)22-8-4-7-21(17-22)26-18-29-19-27(31-26)32-37(34,35)25-13-14-25/h1-12,17-19,25H,13-16H2,(H,30,33)(H,31,32). The van der Waals surface area contributed by atoms with Gasteiger partial charge in [-0.05, 0) is 54.8 Å². The average molecular weight is 515 g/mol. The van der Waals surface area contributed by atoms with Crippen molar-refractivity contribution in [3.8, 4) is 17.0 Å². The SMILES string of the molecule is O=C(Nc1ccc(OCCc2ccccc2)cc1)c1cccc(-c2cncc(NS(=O)(=O)C3CC3)n2)c1. The summed E-state index contributed by atoms with van der Waals surface area (Å²) >= 11 is 0. The van der Waals surface area contributed by atoms with Gasteiger partial charge in [0.15, 0.2) is 5.82 Å². The third-order valence-corrected chi connectivity index (χ3v) is 7.72. The van der Waals surface area contributed by atoms with Crippen molar-refractivity contribution >= 4 is 27.4 Å². The molecular formula is C28H26N4O4S. The molecule has 37 heavy (non-hydrogen) atoms. The second kappa shape index (κ2) is 10.8. The van der Waals surface area contributed by atoms with Gasteiger partial charge >= 0.3 is 0 Å². The van der Waals surface area contributed by atoms with Gasteiger partial charge in [-0.25, -0.2) is 13.4 Å². The molecule has 0 saturated heterocycles. The Labute approximate surface area is 215 Å². The van der Waals surface area contributed by atoms with E-state index in [1.54, 1.807) is 36.4 Å². The van der Waals surface area contributed by atoms with E-state index < -0.39 is 10.0 Å². The number of carbonyl (C=O) groups excluding carboxylic acids is 1. The van der Waals surface area contributed by atoms with Gasteiger partial charge in [-0.2, -0.15) is 0 Å². The van der Waals surface area contributed by atoms with Gasteiger partial charge in [0.2, 0.25) is 10.0 Å². The summed E-state index contributed by atoms with van der Waals surface area (Å²) in [4.78, 5) is 21.4. The fourth-order valence-electron chi connectivity index (χ4n) is 3.75. The fourth-order valence-corrected chi connectivity index (χ4v) is 5.06. The van der Waals surface area contributed by atoms with E-state index in [0.717, 1.165) is 12.2 Å². The molecule has 188 valence electrons. The fraction of sp³-hybridized carbons (Fsp3) is 0.179. The lowest BCUT2D eigenvalue weighted by atomic mass is 10.1. The Balaban J connectivity index is 1.20. The lowest BCUT2D eigenvalue weighted by Crippen LogP contribution is -2.18. The molecular weight excluding hydrogens is 488 g/mol. The van der Waals surface area contributed by atoms with Gasteiger partial charge < -0.3 is 10.1 Å². The molecule has 0 bridgehead atoms. The van der Waals surface area contributed by atoms with Crippen LogP contribution in [0.25, 0.3) is 11.3 Å². The summed E-state index contributed by atoms with van der Waals surface area (Å²) in [6.45, 7) is 0.564. The Morgan fingerprint density at radius 1 is 0.946 bits per heavy atom. The van der Waals surface area contributed by atoms with Crippen molar-refractivity contribution in [2.24, 2.45) is 0 Å². The van der Waals surface area contributed by atoms with Crippen LogP contribution in [0.1, 0.15) is 28.8 Å². The second-order valence-electron chi connectivity index (χ2n) is 8.78. The second-order valence-corrected chi connectivity index (χ2v) is 10.7. The van der Waals surface area contributed by atoms with E-state index in [-0.39, 0.29) is 17.0 Å². The summed E-state index contributed by atoms with van der Waals surface area (Å²) in [5.41, 5.74) is 3.40. The number of amides is 1. The van der Waals surface area contributed by atoms with E-state index in [1.807, 2.05) is 30.3 Å². The normalized spacial score (nSPS) is 13.1. The smallest absolute Gasteiger partial charge is 0.255 e. The number of nitrogens with zero attached hydrogens (tertiary/aromatic N) is 2. The molecule has 1 aromatic heterocycles. The number of hydrogen-bond donors (Lipinski definition) is 2. The minimum absolute atomic E-state index is 0.158. The lowest BCUT2D eigenvalue weighted by molar-refractivity contribution is 0.102. The van der Waals surface area contributed by atoms with Crippen LogP contribution in [-0.4, -0.2) is 36.1 Å². The first kappa shape index (κ1) is 24.5. The van der Waals surface area contributed by atoms with Crippen molar-refractivity contribution in [2.45, 2.75) is 24.5 Å². The summed E-state index contributed by atoms with van der Waals surface area (Å²) in [5.74, 6) is 0.607. The van der Waals surface area contributed by atoms with E-state index in [0.29, 0.717) is 42.0 Å². The van der Waals surface area contributed by atoms with Crippen LogP contribution in [-0.2, 0) is 16.4 Å². The zero-order chi connectivity index (χ0) is 25.7. The van der Waals surface area contributed by atoms with Gasteiger partial charge in [0.05, 0.1) is 29.9 Å². The molecule has 0 spiro atoms. The first-order valence-electron chi connectivity index (χ1n) is 12.0. The number of anilines is 2. The maximum Gasteiger partial charge on any atom is 0.255 e. The predicted molar refractivity (Wildman–Crippen MR) is 143 cm³/mol. The van der Waals surface area contributed by atoms with E-state index in [9.17, 15) is 13.2 Å². The Morgan fingerprint density at radius 2 is 1.73 bits per heavy atom. The monoisotopic (exact) mass is 514 g/mol. The molecule has 2 N–H and O–H groups in total. The molecule has 5 rings (SSSR count). The largest absolute Gasteiger partial charge is 0.493 e. The number of ether oxygens (including phenoxy) is 1. The number of benzene rings is 3. The van der Waals surface area contributed by atoms with Gasteiger partial charge in [0, 0.05) is 23.2 Å². The molecule has 3 aromatic carbocycles. The van der Waals surface area contributed by atoms with Gasteiger partial charge in [0.25, 0.3) is 5.91 Å². The third-order valence-electron chi connectivity index (χ3n) is 5.88. The van der Waals surface area contributed by atoms with Crippen molar-refractivity contribution in [3.63, 3.8) is 0 Å². The van der Waals surface area contributed by atoms with Crippen LogP contribution >= 0.6 is 0 Å². The molecule has 1 saturated carbocycles. The van der Waals surface area contributed by atoms with Crippen molar-refractivity contribution in [1.82, 2.24) is 9.97 Å². The minimum atomic E-state index is -3.44. The summed E-state index contributed by atoms with van der Waals surface area (Å²) in [6.07, 6.45) is 5.03. The zero-order valence-electron chi connectivity index (χ0n) is 20.0. The van der Waals surface area contributed by atoms with Crippen LogP contribution in [0.5, 0.6) is 5.75 Å². The van der Waals surface area contributed by atoms with E-state index in [4.69, 9.17) is 4.74 Å². The molecule has 9 heteroatoms. The number of hydrogen-bond acceptors (Lipinski definition) is 6. The summed E-state index contributed by atoms with van der Waals surface area (Å²) in [5, 5.41) is 2.52. The number of sulfonamides is 1. The highest BCUT2D eigenvalue weighted by Gasteiger charge is 2.36. The molecule has 1 fully saturated rings. The first-order chi connectivity index (χ1) is 18.0. The van der Waals surface area contributed by atoms with Crippen LogP contribution in [0.2, 0.25) is 0 Å². The maximum absolute atomic E-state index is 12.9. The molecule has 0 atom stereocenters. The highest BCUT2D eigenvalue weighted by atomic mass is 32.2. The molecule has 0 aliphatic heterocycles. The average Bonchev–Trinajstić information content (AvgIpc) is 3.77. The molecule has 8 nitrogen and oxygen atoms in total. The van der Waals surface area contributed by atoms with Gasteiger partial charge in [-0.3, -0.25) is 14.5 Å². The third kappa shape index (κ3) is 6.50. The van der Waals surface area contributed by atoms with Crippen LogP contribution in [0.3, 0.4) is 0 Å². The quantitative estimate of drug-likeness (QED) is 0.311. The number of aromatic nitrogens is 2. The van der Waals surface area contributed by atoms with Crippen LogP contribution < -0.4 is 14.8 Å². The summed E-state index contributed by atoms with van der Waals surface area (Å²) < 4.78 is 32.7. The minimum Gasteiger partial charge on any atom is -0.493 e. The molecule has 1 aliphatic carbocycles. The first-order valence-corrected chi connectivity index (χ1v) is 13.5. The molecule has 4 aromatic rings. The highest BCUT2D eigenvalue weighted by Crippen LogP contribution is 2.29. The predicted octanol–water partition coefficient (Wildman–Crippen LogP) is 4.92. The molecule has 1 amide bonds. The highest BCUT2D eigenvalue weighted by molar-refractivity contribution is 7.93. The molecule has 0 unspecified atom stereocenters. The number of rotatable bonds is 10. The van der Waals surface area contributed by atoms with Crippen LogP contribution in [0.4, 0.5) is 11.5 Å². The maximum atomic E-state index is 12.9. The topological polar surface area (TPSA) is 110 Å². The van der Waals surface area contributed by atoms with Crippen molar-refractivity contribution in [3.05, 3.63) is 102 Å². The molecule has 0 radical (unpaired) electrons. The van der Waals surface area contributed by atoms with Crippen molar-refractivity contribution in [2.75, 3.05) is 16.6 Å². The van der Waals surface area contributed by atoms with Crippen LogP contribution in [0, 0.1) is 0 Å². The Bertz CT molecular complexity index is 1490. The van der Waals surface area contributed by atoms with E-state index in [2.05, 4.69) is 32.1 Å². The molecule has 1 heterocycles. The molecule has 1 aliphatic rings. The Kier molecular flexibility index (Phi) is 7.14. The van der Waals surface area contributed by atoms with Crippen molar-refractivity contribution < 1.29 is 17.9 Å².